The first-order chi connectivity index (χ1) is 12.3. The van der Waals surface area contributed by atoms with E-state index in [0.717, 1.165) is 12.1 Å². The van der Waals surface area contributed by atoms with E-state index in [9.17, 15) is 22.8 Å². The highest BCUT2D eigenvalue weighted by Gasteiger charge is 2.14. The number of hydrogen-bond donors (Lipinski definition) is 3. The van der Waals surface area contributed by atoms with Crippen molar-refractivity contribution in [3.8, 4) is 0 Å². The number of rotatable bonds is 6. The molecule has 0 atom stereocenters. The highest BCUT2D eigenvalue weighted by Crippen LogP contribution is 2.22. The van der Waals surface area contributed by atoms with Gasteiger partial charge >= 0.3 is 0 Å². The summed E-state index contributed by atoms with van der Waals surface area (Å²) in [4.78, 5) is 23.5. The number of halogens is 4. The third-order valence-electron chi connectivity index (χ3n) is 3.46. The van der Waals surface area contributed by atoms with Crippen LogP contribution in [0.5, 0.6) is 0 Å². The maximum atomic E-state index is 13.5. The molecule has 3 N–H and O–H groups in total. The van der Waals surface area contributed by atoms with E-state index < -0.39 is 35.8 Å². The van der Waals surface area contributed by atoms with Crippen molar-refractivity contribution in [2.45, 2.75) is 6.92 Å². The molecule has 0 heterocycles. The summed E-state index contributed by atoms with van der Waals surface area (Å²) in [6.07, 6.45) is 0. The lowest BCUT2D eigenvalue weighted by Gasteiger charge is -2.11. The maximum Gasteiger partial charge on any atom is 0.243 e. The van der Waals surface area contributed by atoms with E-state index in [2.05, 4.69) is 16.0 Å². The summed E-state index contributed by atoms with van der Waals surface area (Å²) in [5, 5.41) is 7.73. The molecule has 0 spiro atoms. The molecule has 0 radical (unpaired) electrons. The van der Waals surface area contributed by atoms with E-state index in [-0.39, 0.29) is 12.2 Å². The summed E-state index contributed by atoms with van der Waals surface area (Å²) in [5.74, 6) is -5.50. The monoisotopic (exact) mass is 385 g/mol. The van der Waals surface area contributed by atoms with Crippen molar-refractivity contribution >= 4 is 34.8 Å². The average molecular weight is 386 g/mol. The highest BCUT2D eigenvalue weighted by atomic mass is 35.5. The van der Waals surface area contributed by atoms with Crippen LogP contribution in [0.25, 0.3) is 0 Å². The van der Waals surface area contributed by atoms with Crippen molar-refractivity contribution in [1.29, 1.82) is 0 Å². The number of amides is 2. The van der Waals surface area contributed by atoms with Crippen molar-refractivity contribution in [2.24, 2.45) is 0 Å². The molecule has 2 amide bonds. The van der Waals surface area contributed by atoms with Gasteiger partial charge in [-0.2, -0.15) is 0 Å². The fourth-order valence-electron chi connectivity index (χ4n) is 2.02. The lowest BCUT2D eigenvalue weighted by molar-refractivity contribution is -0.122. The number of carbonyl (C=O) groups excluding carboxylic acids is 2. The minimum absolute atomic E-state index is 0.327. The predicted octanol–water partition coefficient (Wildman–Crippen LogP) is 3.23. The van der Waals surface area contributed by atoms with Crippen LogP contribution in [0.4, 0.5) is 24.5 Å². The van der Waals surface area contributed by atoms with Crippen LogP contribution < -0.4 is 16.0 Å². The Hall–Kier alpha value is -2.74. The molecule has 2 aromatic carbocycles. The Labute approximate surface area is 152 Å². The zero-order valence-corrected chi connectivity index (χ0v) is 14.4. The van der Waals surface area contributed by atoms with E-state index in [1.807, 2.05) is 0 Å². The number of anilines is 2. The Morgan fingerprint density at radius 3 is 2.42 bits per heavy atom. The van der Waals surface area contributed by atoms with E-state index in [0.29, 0.717) is 16.3 Å². The van der Waals surface area contributed by atoms with Crippen molar-refractivity contribution in [3.05, 3.63) is 58.4 Å². The molecule has 2 rings (SSSR count). The van der Waals surface area contributed by atoms with Crippen molar-refractivity contribution in [2.75, 3.05) is 23.7 Å². The van der Waals surface area contributed by atoms with E-state index in [1.54, 1.807) is 25.1 Å². The van der Waals surface area contributed by atoms with Gasteiger partial charge in [-0.1, -0.05) is 17.7 Å². The summed E-state index contributed by atoms with van der Waals surface area (Å²) < 4.78 is 39.4. The first-order valence-corrected chi connectivity index (χ1v) is 7.86. The fourth-order valence-corrected chi connectivity index (χ4v) is 2.19. The van der Waals surface area contributed by atoms with Gasteiger partial charge in [-0.3, -0.25) is 9.59 Å². The maximum absolute atomic E-state index is 13.5. The second-order valence-corrected chi connectivity index (χ2v) is 5.72. The van der Waals surface area contributed by atoms with E-state index in [4.69, 9.17) is 11.6 Å². The number of hydrogen-bond acceptors (Lipinski definition) is 3. The van der Waals surface area contributed by atoms with Gasteiger partial charge in [0.15, 0.2) is 17.5 Å². The van der Waals surface area contributed by atoms with Gasteiger partial charge in [0.1, 0.15) is 0 Å². The minimum Gasteiger partial charge on any atom is -0.374 e. The second kappa shape index (κ2) is 8.57. The van der Waals surface area contributed by atoms with Gasteiger partial charge in [0.05, 0.1) is 18.8 Å². The molecular formula is C17H15ClF3N3O2. The summed E-state index contributed by atoms with van der Waals surface area (Å²) in [6, 6.07) is 6.71. The summed E-state index contributed by atoms with van der Waals surface area (Å²) in [7, 11) is 0. The molecule has 26 heavy (non-hydrogen) atoms. The van der Waals surface area contributed by atoms with Crippen LogP contribution in [0.2, 0.25) is 5.02 Å². The number of nitrogens with one attached hydrogen (secondary N) is 3. The quantitative estimate of drug-likeness (QED) is 0.669. The molecule has 2 aromatic rings. The third kappa shape index (κ3) is 4.89. The first kappa shape index (κ1) is 19.6. The molecule has 0 aromatic heterocycles. The Morgan fingerprint density at radius 1 is 0.962 bits per heavy atom. The van der Waals surface area contributed by atoms with Gasteiger partial charge in [0.25, 0.3) is 0 Å². The van der Waals surface area contributed by atoms with Gasteiger partial charge in [-0.05, 0) is 36.8 Å². The Morgan fingerprint density at radius 2 is 1.69 bits per heavy atom. The molecule has 0 saturated heterocycles. The predicted molar refractivity (Wildman–Crippen MR) is 92.6 cm³/mol. The van der Waals surface area contributed by atoms with Crippen LogP contribution in [-0.2, 0) is 9.59 Å². The highest BCUT2D eigenvalue weighted by molar-refractivity contribution is 6.31. The van der Waals surface area contributed by atoms with Crippen molar-refractivity contribution in [1.82, 2.24) is 5.32 Å². The van der Waals surface area contributed by atoms with Crippen LogP contribution in [-0.4, -0.2) is 24.9 Å². The summed E-state index contributed by atoms with van der Waals surface area (Å²) >= 11 is 5.95. The Kier molecular flexibility index (Phi) is 6.46. The minimum atomic E-state index is -1.63. The van der Waals surface area contributed by atoms with E-state index >= 15 is 0 Å². The lowest BCUT2D eigenvalue weighted by Crippen LogP contribution is -2.36. The van der Waals surface area contributed by atoms with Gasteiger partial charge < -0.3 is 16.0 Å². The SMILES string of the molecule is Cc1c(Cl)cccc1NC(=O)CNC(=O)CNc1ccc(F)c(F)c1F. The van der Waals surface area contributed by atoms with E-state index in [1.165, 1.54) is 0 Å². The average Bonchev–Trinajstić information content (AvgIpc) is 2.61. The zero-order valence-electron chi connectivity index (χ0n) is 13.6. The molecule has 5 nitrogen and oxygen atoms in total. The lowest BCUT2D eigenvalue weighted by atomic mass is 10.2. The second-order valence-electron chi connectivity index (χ2n) is 5.31. The summed E-state index contributed by atoms with van der Waals surface area (Å²) in [5.41, 5.74) is 0.834. The van der Waals surface area contributed by atoms with Crippen LogP contribution >= 0.6 is 11.6 Å². The van der Waals surface area contributed by atoms with Crippen LogP contribution in [0.15, 0.2) is 30.3 Å². The van der Waals surface area contributed by atoms with Gasteiger partial charge in [-0.15, -0.1) is 0 Å². The van der Waals surface area contributed by atoms with Crippen LogP contribution in [0, 0.1) is 24.4 Å². The Bertz CT molecular complexity index is 846. The largest absolute Gasteiger partial charge is 0.374 e. The molecule has 0 saturated carbocycles. The fraction of sp³-hybridized carbons (Fsp3) is 0.176. The standard InChI is InChI=1S/C17H15ClF3N3O2/c1-9-10(18)3-2-4-12(9)24-15(26)8-23-14(25)7-22-13-6-5-11(19)16(20)17(13)21/h2-6,22H,7-8H2,1H3,(H,23,25)(H,24,26). The number of benzene rings is 2. The molecular weight excluding hydrogens is 371 g/mol. The normalized spacial score (nSPS) is 10.3. The zero-order chi connectivity index (χ0) is 19.3. The molecule has 0 aliphatic heterocycles. The topological polar surface area (TPSA) is 70.2 Å². The molecule has 0 fully saturated rings. The molecule has 9 heteroatoms. The Balaban J connectivity index is 1.82. The molecule has 0 aliphatic rings. The van der Waals surface area contributed by atoms with Crippen LogP contribution in [0.3, 0.4) is 0 Å². The number of carbonyl (C=O) groups is 2. The first-order valence-electron chi connectivity index (χ1n) is 7.48. The van der Waals surface area contributed by atoms with Gasteiger partial charge in [0, 0.05) is 10.7 Å². The molecule has 0 bridgehead atoms. The van der Waals surface area contributed by atoms with Crippen LogP contribution in [0.1, 0.15) is 5.56 Å². The molecule has 0 unspecified atom stereocenters. The summed E-state index contributed by atoms with van der Waals surface area (Å²) in [6.45, 7) is 0.981. The smallest absolute Gasteiger partial charge is 0.243 e. The van der Waals surface area contributed by atoms with Gasteiger partial charge in [0.2, 0.25) is 11.8 Å². The molecule has 0 aliphatic carbocycles. The third-order valence-corrected chi connectivity index (χ3v) is 3.87. The van der Waals surface area contributed by atoms with Crippen molar-refractivity contribution < 1.29 is 22.8 Å². The van der Waals surface area contributed by atoms with Gasteiger partial charge in [-0.25, -0.2) is 13.2 Å². The molecule has 138 valence electrons. The van der Waals surface area contributed by atoms with Crippen molar-refractivity contribution in [3.63, 3.8) is 0 Å².